The van der Waals surface area contributed by atoms with Gasteiger partial charge >= 0.3 is 5.97 Å². The second kappa shape index (κ2) is 12.0. The van der Waals surface area contributed by atoms with Gasteiger partial charge in [-0.2, -0.15) is 5.01 Å². The molecule has 13 heteroatoms. The quantitative estimate of drug-likeness (QED) is 0.221. The largest absolute Gasteiger partial charge is 0.481 e. The summed E-state index contributed by atoms with van der Waals surface area (Å²) >= 11 is 6.28. The molecule has 248 valence electrons. The van der Waals surface area contributed by atoms with Gasteiger partial charge in [-0.05, 0) is 79.3 Å². The fourth-order valence-corrected chi connectivity index (χ4v) is 8.40. The highest BCUT2D eigenvalue weighted by molar-refractivity contribution is 6.30. The van der Waals surface area contributed by atoms with Crippen molar-refractivity contribution in [3.8, 4) is 0 Å². The first-order chi connectivity index (χ1) is 23.1. The molecule has 2 aliphatic carbocycles. The number of anilines is 1. The number of benzene rings is 2. The molecule has 2 saturated heterocycles. The smallest absolute Gasteiger partial charge is 0.303 e. The Morgan fingerprint density at radius 1 is 0.979 bits per heavy atom. The molecule has 4 amide bonds. The van der Waals surface area contributed by atoms with Crippen molar-refractivity contribution in [1.29, 1.82) is 0 Å². The lowest BCUT2D eigenvalue weighted by Crippen LogP contribution is -2.53. The van der Waals surface area contributed by atoms with Crippen LogP contribution in [0.15, 0.2) is 76.7 Å². The van der Waals surface area contributed by atoms with Crippen molar-refractivity contribution in [2.45, 2.75) is 43.6 Å². The van der Waals surface area contributed by atoms with E-state index in [1.54, 1.807) is 36.4 Å². The number of hydrogen-bond acceptors (Lipinski definition) is 8. The third-order valence-corrected chi connectivity index (χ3v) is 10.5. The Labute approximate surface area is 278 Å². The Bertz CT molecular complexity index is 1860. The number of aliphatic carboxylic acids is 1. The Balaban J connectivity index is 1.38. The van der Waals surface area contributed by atoms with E-state index in [0.717, 1.165) is 9.91 Å². The minimum Gasteiger partial charge on any atom is -0.481 e. The van der Waals surface area contributed by atoms with E-state index in [0.29, 0.717) is 27.6 Å². The van der Waals surface area contributed by atoms with Crippen LogP contribution in [0, 0.1) is 29.5 Å². The third-order valence-electron chi connectivity index (χ3n) is 10.2. The summed E-state index contributed by atoms with van der Waals surface area (Å²) < 4.78 is 19.9. The minimum atomic E-state index is -1.60. The van der Waals surface area contributed by atoms with Gasteiger partial charge in [0, 0.05) is 18.0 Å². The number of carboxylic acids is 1. The van der Waals surface area contributed by atoms with E-state index in [1.807, 2.05) is 6.08 Å². The molecule has 2 aliphatic heterocycles. The SMILES string of the molecule is O=C(O)CCCN1C(=O)[C@H]2[C@H](CC=C3[C@H]2C[C@H]2C(=O)N(Nc4ccc(F)cc4)C(=O)[C@@]2(c2ccc(Cl)cc2)[C@H]3c2ccc(CO)o2)C1=O. The van der Waals surface area contributed by atoms with Crippen molar-refractivity contribution in [2.24, 2.45) is 23.7 Å². The summed E-state index contributed by atoms with van der Waals surface area (Å²) in [6, 6.07) is 15.0. The van der Waals surface area contributed by atoms with Crippen LogP contribution in [0.1, 0.15) is 48.7 Å². The monoisotopic (exact) mass is 675 g/mol. The van der Waals surface area contributed by atoms with E-state index >= 15 is 0 Å². The lowest BCUT2D eigenvalue weighted by atomic mass is 9.50. The van der Waals surface area contributed by atoms with Gasteiger partial charge in [-0.25, -0.2) is 4.39 Å². The van der Waals surface area contributed by atoms with Crippen molar-refractivity contribution in [3.05, 3.63) is 100 Å². The van der Waals surface area contributed by atoms with E-state index in [4.69, 9.17) is 21.1 Å². The highest BCUT2D eigenvalue weighted by atomic mass is 35.5. The van der Waals surface area contributed by atoms with Gasteiger partial charge in [-0.3, -0.25) is 34.3 Å². The number of fused-ring (bicyclic) bond motifs is 4. The predicted octanol–water partition coefficient (Wildman–Crippen LogP) is 4.41. The van der Waals surface area contributed by atoms with E-state index < -0.39 is 71.1 Å². The topological polar surface area (TPSA) is 157 Å². The molecular weight excluding hydrogens is 645 g/mol. The molecule has 4 aliphatic rings. The molecule has 0 spiro atoms. The maximum absolute atomic E-state index is 15.0. The number of nitrogens with one attached hydrogen (secondary N) is 1. The second-order valence-corrected chi connectivity index (χ2v) is 13.1. The van der Waals surface area contributed by atoms with Gasteiger partial charge in [0.25, 0.3) is 11.8 Å². The number of rotatable bonds is 9. The minimum absolute atomic E-state index is 0.0363. The van der Waals surface area contributed by atoms with Crippen LogP contribution >= 0.6 is 11.6 Å². The number of halogens is 2. The lowest BCUT2D eigenvalue weighted by Gasteiger charge is -2.49. The number of carbonyl (C=O) groups is 5. The molecule has 3 N–H and O–H groups in total. The standard InChI is InChI=1S/C35H31ClFN3O8/c36-19-5-3-18(4-6-19)35-26(32(45)40(34(35)47)38-21-9-7-20(37)8-10-21)16-25-23(30(35)27-14-11-22(17-41)48-27)12-13-24-29(25)33(46)39(31(24)44)15-1-2-28(42)43/h3-12,14,24-26,29-30,38,41H,1-2,13,15-17H2,(H,42,43)/t24-,25+,26-,29-,30+,35+/m0/s1. The molecule has 0 radical (unpaired) electrons. The van der Waals surface area contributed by atoms with Gasteiger partial charge < -0.3 is 14.6 Å². The van der Waals surface area contributed by atoms with Crippen LogP contribution in [0.25, 0.3) is 0 Å². The van der Waals surface area contributed by atoms with Crippen LogP contribution in [-0.4, -0.2) is 56.3 Å². The number of hydrazine groups is 1. The summed E-state index contributed by atoms with van der Waals surface area (Å²) in [4.78, 5) is 69.3. The average molecular weight is 676 g/mol. The predicted molar refractivity (Wildman–Crippen MR) is 167 cm³/mol. The summed E-state index contributed by atoms with van der Waals surface area (Å²) in [5.41, 5.74) is 2.72. The molecular formula is C35H31ClFN3O8. The molecule has 0 bridgehead atoms. The van der Waals surface area contributed by atoms with Crippen LogP contribution in [0.3, 0.4) is 0 Å². The second-order valence-electron chi connectivity index (χ2n) is 12.7. The molecule has 6 atom stereocenters. The molecule has 7 rings (SSSR count). The zero-order valence-electron chi connectivity index (χ0n) is 25.5. The highest BCUT2D eigenvalue weighted by Crippen LogP contribution is 2.64. The lowest BCUT2D eigenvalue weighted by molar-refractivity contribution is -0.142. The Hall–Kier alpha value is -4.81. The van der Waals surface area contributed by atoms with Gasteiger partial charge in [0.15, 0.2) is 0 Å². The summed E-state index contributed by atoms with van der Waals surface area (Å²) in [5, 5.41) is 20.4. The molecule has 1 saturated carbocycles. The number of furan rings is 1. The number of aliphatic hydroxyl groups excluding tert-OH is 1. The number of allylic oxidation sites excluding steroid dienone is 2. The molecule has 3 heterocycles. The van der Waals surface area contributed by atoms with E-state index in [1.165, 1.54) is 24.3 Å². The number of aliphatic hydroxyl groups is 1. The molecule has 0 unspecified atom stereocenters. The summed E-state index contributed by atoms with van der Waals surface area (Å²) in [6.45, 7) is -0.452. The first-order valence-corrected chi connectivity index (χ1v) is 16.1. The van der Waals surface area contributed by atoms with Gasteiger partial charge in [-0.1, -0.05) is 35.4 Å². The number of hydrogen-bond donors (Lipinski definition) is 3. The molecule has 3 aromatic rings. The Kier molecular flexibility index (Phi) is 7.95. The number of likely N-dealkylation sites (tertiary alicyclic amines) is 1. The highest BCUT2D eigenvalue weighted by Gasteiger charge is 2.71. The van der Waals surface area contributed by atoms with Gasteiger partial charge in [0.2, 0.25) is 11.8 Å². The summed E-state index contributed by atoms with van der Waals surface area (Å²) in [7, 11) is 0. The van der Waals surface area contributed by atoms with Crippen molar-refractivity contribution in [3.63, 3.8) is 0 Å². The molecule has 11 nitrogen and oxygen atoms in total. The van der Waals surface area contributed by atoms with E-state index in [2.05, 4.69) is 5.43 Å². The first kappa shape index (κ1) is 31.8. The fourth-order valence-electron chi connectivity index (χ4n) is 8.27. The number of amides is 4. The Morgan fingerprint density at radius 2 is 1.71 bits per heavy atom. The number of carboxylic acid groups (broad SMARTS) is 1. The number of carbonyl (C=O) groups excluding carboxylic acids is 4. The zero-order chi connectivity index (χ0) is 33.9. The van der Waals surface area contributed by atoms with Gasteiger partial charge in [-0.15, -0.1) is 0 Å². The molecule has 2 aromatic carbocycles. The van der Waals surface area contributed by atoms with Crippen LogP contribution in [0.4, 0.5) is 10.1 Å². The molecule has 1 aromatic heterocycles. The zero-order valence-corrected chi connectivity index (χ0v) is 26.2. The first-order valence-electron chi connectivity index (χ1n) is 15.7. The van der Waals surface area contributed by atoms with Crippen LogP contribution < -0.4 is 5.43 Å². The maximum atomic E-state index is 15.0. The van der Waals surface area contributed by atoms with Crippen LogP contribution in [0.5, 0.6) is 0 Å². The van der Waals surface area contributed by atoms with Gasteiger partial charge in [0.1, 0.15) is 29.4 Å². The molecule has 3 fully saturated rings. The van der Waals surface area contributed by atoms with Crippen molar-refractivity contribution >= 4 is 46.9 Å². The maximum Gasteiger partial charge on any atom is 0.303 e. The number of nitrogens with zero attached hydrogens (tertiary/aromatic N) is 2. The van der Waals surface area contributed by atoms with Crippen LogP contribution in [-0.2, 0) is 36.0 Å². The van der Waals surface area contributed by atoms with Crippen LogP contribution in [0.2, 0.25) is 5.02 Å². The Morgan fingerprint density at radius 3 is 2.38 bits per heavy atom. The third kappa shape index (κ3) is 4.84. The van der Waals surface area contributed by atoms with Crippen molar-refractivity contribution < 1.29 is 43.0 Å². The average Bonchev–Trinajstić information content (AvgIpc) is 3.70. The van der Waals surface area contributed by atoms with E-state index in [9.17, 15) is 33.5 Å². The summed E-state index contributed by atoms with van der Waals surface area (Å²) in [6.07, 6.45) is 2.02. The molecule has 48 heavy (non-hydrogen) atoms. The van der Waals surface area contributed by atoms with E-state index in [-0.39, 0.29) is 43.9 Å². The van der Waals surface area contributed by atoms with Gasteiger partial charge in [0.05, 0.1) is 29.4 Å². The summed E-state index contributed by atoms with van der Waals surface area (Å²) in [5.74, 6) is -7.13. The fraction of sp³-hybridized carbons (Fsp3) is 0.343. The van der Waals surface area contributed by atoms with Crippen molar-refractivity contribution in [2.75, 3.05) is 12.0 Å². The van der Waals surface area contributed by atoms with Crippen molar-refractivity contribution in [1.82, 2.24) is 9.91 Å². The normalized spacial score (nSPS) is 27.9. The number of imide groups is 2.